The summed E-state index contributed by atoms with van der Waals surface area (Å²) in [6.07, 6.45) is 3.22. The van der Waals surface area contributed by atoms with Crippen molar-refractivity contribution in [1.29, 1.82) is 0 Å². The summed E-state index contributed by atoms with van der Waals surface area (Å²) in [5.41, 5.74) is 9.15. The Morgan fingerprint density at radius 3 is 2.58 bits per heavy atom. The van der Waals surface area contributed by atoms with E-state index < -0.39 is 0 Å². The van der Waals surface area contributed by atoms with Crippen LogP contribution in [0.4, 0.5) is 5.69 Å². The predicted molar refractivity (Wildman–Crippen MR) is 153 cm³/mol. The van der Waals surface area contributed by atoms with Gasteiger partial charge in [-0.25, -0.2) is 0 Å². The molecule has 4 aliphatic rings. The van der Waals surface area contributed by atoms with Gasteiger partial charge in [-0.05, 0) is 0 Å². The summed E-state index contributed by atoms with van der Waals surface area (Å²) in [4.78, 5) is 18.5. The van der Waals surface area contributed by atoms with Gasteiger partial charge in [-0.1, -0.05) is 6.07 Å². The summed E-state index contributed by atoms with van der Waals surface area (Å²) in [5.74, 6) is 0.210. The van der Waals surface area contributed by atoms with Crippen molar-refractivity contribution >= 4 is 54.4 Å². The maximum atomic E-state index is 13.1. The SMILES string of the molecule is CCC1(C)/C(=C(C)/C=C2/[Se]c3ccccc3C2=O)N(C)c2c1ccc1c2SC2c3ccccc3SC12. The Morgan fingerprint density at radius 2 is 1.78 bits per heavy atom. The molecule has 3 atom stereocenters. The first-order valence-corrected chi connectivity index (χ1v) is 16.0. The van der Waals surface area contributed by atoms with Gasteiger partial charge in [0.2, 0.25) is 0 Å². The molecular weight excluding hydrogens is 545 g/mol. The van der Waals surface area contributed by atoms with Crippen LogP contribution in [0.1, 0.15) is 64.7 Å². The number of nitrogens with zero attached hydrogens (tertiary/aromatic N) is 1. The molecule has 36 heavy (non-hydrogen) atoms. The fourth-order valence-corrected chi connectivity index (χ4v) is 12.1. The number of carbonyl (C=O) groups excluding carboxylic acids is 1. The first-order valence-electron chi connectivity index (χ1n) is 12.5. The number of rotatable bonds is 2. The third-order valence-electron chi connectivity index (χ3n) is 8.26. The first kappa shape index (κ1) is 23.0. The van der Waals surface area contributed by atoms with Gasteiger partial charge in [-0.3, -0.25) is 0 Å². The van der Waals surface area contributed by atoms with E-state index >= 15 is 0 Å². The average molecular weight is 573 g/mol. The van der Waals surface area contributed by atoms with Crippen LogP contribution >= 0.6 is 23.5 Å². The fourth-order valence-electron chi connectivity index (χ4n) is 6.44. The molecular formula is C31H27NOS2Se. The van der Waals surface area contributed by atoms with E-state index in [2.05, 4.69) is 93.0 Å². The molecule has 4 aliphatic heterocycles. The first-order chi connectivity index (χ1) is 17.4. The second-order valence-electron chi connectivity index (χ2n) is 10.2. The molecule has 0 aromatic heterocycles. The van der Waals surface area contributed by atoms with E-state index in [0.717, 1.165) is 16.5 Å². The zero-order valence-corrected chi connectivity index (χ0v) is 24.1. The molecule has 5 heteroatoms. The molecule has 7 rings (SSSR count). The normalized spacial score (nSPS) is 27.7. The molecule has 0 saturated carbocycles. The molecule has 3 unspecified atom stereocenters. The van der Waals surface area contributed by atoms with Gasteiger partial charge >= 0.3 is 223 Å². The maximum absolute atomic E-state index is 13.1. The minimum atomic E-state index is -0.0783. The van der Waals surface area contributed by atoms with Gasteiger partial charge in [0, 0.05) is 0 Å². The Labute approximate surface area is 227 Å². The number of fused-ring (bicyclic) bond motifs is 8. The van der Waals surface area contributed by atoms with E-state index in [-0.39, 0.29) is 26.2 Å². The Kier molecular flexibility index (Phi) is 5.21. The fraction of sp³-hybridized carbons (Fsp3) is 0.258. The van der Waals surface area contributed by atoms with Gasteiger partial charge in [-0.2, -0.15) is 0 Å². The third-order valence-corrected chi connectivity index (χ3v) is 13.6. The molecule has 4 heterocycles. The van der Waals surface area contributed by atoms with Crippen molar-refractivity contribution < 1.29 is 4.79 Å². The van der Waals surface area contributed by atoms with Crippen molar-refractivity contribution in [3.8, 4) is 0 Å². The van der Waals surface area contributed by atoms with Gasteiger partial charge in [0.05, 0.1) is 0 Å². The van der Waals surface area contributed by atoms with Crippen LogP contribution in [0.2, 0.25) is 0 Å². The standard InChI is InChI=1S/C31H27NOS2Se/c1-5-31(3)21-15-14-20-27(35-28-18-10-6-8-12-22(18)34-29(20)28)25(21)32(4)30(31)17(2)16-24-26(33)19-11-7-9-13-23(19)36-24/h6-16,28-29H,5H2,1-4H3/b24-16+,30-17-. The summed E-state index contributed by atoms with van der Waals surface area (Å²) in [6.45, 7) is 6.89. The monoisotopic (exact) mass is 573 g/mol. The molecule has 0 spiro atoms. The van der Waals surface area contributed by atoms with Crippen LogP contribution in [0.5, 0.6) is 0 Å². The number of ketones is 1. The van der Waals surface area contributed by atoms with E-state index in [0.29, 0.717) is 10.5 Å². The van der Waals surface area contributed by atoms with Gasteiger partial charge in [0.15, 0.2) is 0 Å². The van der Waals surface area contributed by atoms with E-state index in [9.17, 15) is 4.79 Å². The molecule has 0 amide bonds. The summed E-state index contributed by atoms with van der Waals surface area (Å²) >= 11 is 4.16. The van der Waals surface area contributed by atoms with E-state index in [1.807, 2.05) is 30.0 Å². The van der Waals surface area contributed by atoms with Crippen molar-refractivity contribution in [2.45, 2.75) is 52.9 Å². The second-order valence-corrected chi connectivity index (χ2v) is 14.8. The van der Waals surface area contributed by atoms with Gasteiger partial charge in [-0.15, -0.1) is 0 Å². The predicted octanol–water partition coefficient (Wildman–Crippen LogP) is 7.18. The van der Waals surface area contributed by atoms with Crippen LogP contribution < -0.4 is 9.36 Å². The topological polar surface area (TPSA) is 20.3 Å². The number of thioether (sulfide) groups is 2. The molecule has 0 radical (unpaired) electrons. The van der Waals surface area contributed by atoms with Crippen LogP contribution in [0.25, 0.3) is 0 Å². The number of hydrogen-bond donors (Lipinski definition) is 0. The van der Waals surface area contributed by atoms with Gasteiger partial charge in [0.1, 0.15) is 0 Å². The van der Waals surface area contributed by atoms with Crippen molar-refractivity contribution in [3.63, 3.8) is 0 Å². The third kappa shape index (κ3) is 3.04. The number of allylic oxidation sites excluding steroid dienone is 4. The summed E-state index contributed by atoms with van der Waals surface area (Å²) in [5, 5.41) is 0.977. The number of anilines is 1. The van der Waals surface area contributed by atoms with Crippen molar-refractivity contribution in [2.75, 3.05) is 11.9 Å². The van der Waals surface area contributed by atoms with Crippen LogP contribution in [0, 0.1) is 0 Å². The Hall–Kier alpha value is -2.17. The molecule has 0 N–H and O–H groups in total. The number of benzene rings is 3. The summed E-state index contributed by atoms with van der Waals surface area (Å²) in [7, 11) is 2.24. The second kappa shape index (κ2) is 8.16. The number of carbonyl (C=O) groups is 1. The molecule has 0 fully saturated rings. The zero-order valence-electron chi connectivity index (χ0n) is 20.8. The zero-order chi connectivity index (χ0) is 24.8. The van der Waals surface area contributed by atoms with Crippen LogP contribution in [0.15, 0.2) is 92.3 Å². The van der Waals surface area contributed by atoms with Crippen molar-refractivity contribution in [2.24, 2.45) is 0 Å². The molecule has 0 saturated heterocycles. The minimum absolute atomic E-state index is 0.0707. The molecule has 3 aromatic carbocycles. The Morgan fingerprint density at radius 1 is 1.03 bits per heavy atom. The number of Topliss-reactive ketones (excluding diaryl/α,β-unsaturated/α-hetero) is 1. The Bertz CT molecular complexity index is 1540. The van der Waals surface area contributed by atoms with Crippen molar-refractivity contribution in [1.82, 2.24) is 0 Å². The molecule has 0 bridgehead atoms. The molecule has 2 nitrogen and oxygen atoms in total. The van der Waals surface area contributed by atoms with Crippen molar-refractivity contribution in [3.05, 3.63) is 105 Å². The van der Waals surface area contributed by atoms with Gasteiger partial charge in [0.25, 0.3) is 0 Å². The number of hydrogen-bond acceptors (Lipinski definition) is 4. The average Bonchev–Trinajstić information content (AvgIpc) is 3.58. The van der Waals surface area contributed by atoms with Gasteiger partial charge < -0.3 is 0 Å². The molecule has 3 aromatic rings. The molecule has 0 aliphatic carbocycles. The van der Waals surface area contributed by atoms with Crippen LogP contribution in [0.3, 0.4) is 0 Å². The quantitative estimate of drug-likeness (QED) is 0.239. The van der Waals surface area contributed by atoms with Crippen LogP contribution in [-0.4, -0.2) is 27.8 Å². The number of likely N-dealkylation sites (N-methyl/N-ethyl adjacent to an activating group) is 1. The molecule has 180 valence electrons. The summed E-state index contributed by atoms with van der Waals surface area (Å²) in [6, 6.07) is 21.8. The van der Waals surface area contributed by atoms with Crippen LogP contribution in [-0.2, 0) is 5.41 Å². The van der Waals surface area contributed by atoms with E-state index in [1.165, 1.54) is 47.9 Å². The summed E-state index contributed by atoms with van der Waals surface area (Å²) < 4.78 is 2.18. The Balaban J connectivity index is 1.32. The van der Waals surface area contributed by atoms with E-state index in [4.69, 9.17) is 0 Å². The van der Waals surface area contributed by atoms with E-state index in [1.54, 1.807) is 0 Å².